The van der Waals surface area contributed by atoms with E-state index in [1.165, 1.54) is 0 Å². The van der Waals surface area contributed by atoms with Crippen molar-refractivity contribution in [2.45, 2.75) is 19.4 Å². The minimum Gasteiger partial charge on any atom is -0.380 e. The van der Waals surface area contributed by atoms with Gasteiger partial charge in [0.25, 0.3) is 0 Å². The van der Waals surface area contributed by atoms with Gasteiger partial charge in [-0.25, -0.2) is 14.6 Å². The highest BCUT2D eigenvalue weighted by Gasteiger charge is 2.41. The summed E-state index contributed by atoms with van der Waals surface area (Å²) in [5, 5.41) is 36.2. The minimum absolute atomic E-state index is 0.168. The first-order chi connectivity index (χ1) is 17.4. The molecule has 0 radical (unpaired) electrons. The lowest BCUT2D eigenvalue weighted by atomic mass is 9.92. The molecule has 6 rings (SSSR count). The lowest BCUT2D eigenvalue weighted by Gasteiger charge is -2.37. The average molecular weight is 480 g/mol. The second kappa shape index (κ2) is 8.23. The first-order valence-corrected chi connectivity index (χ1v) is 11.3. The lowest BCUT2D eigenvalue weighted by molar-refractivity contribution is -0.184. The average Bonchev–Trinajstić information content (AvgIpc) is 3.46. The quantitative estimate of drug-likeness (QED) is 0.389. The normalized spacial score (nSPS) is 14.4. The van der Waals surface area contributed by atoms with Gasteiger partial charge in [0.15, 0.2) is 17.3 Å². The molecule has 11 nitrogen and oxygen atoms in total. The van der Waals surface area contributed by atoms with E-state index in [1.54, 1.807) is 17.1 Å². The summed E-state index contributed by atoms with van der Waals surface area (Å²) in [6.45, 7) is 4.06. The molecule has 1 fully saturated rings. The van der Waals surface area contributed by atoms with Gasteiger partial charge in [-0.1, -0.05) is 0 Å². The fourth-order valence-electron chi connectivity index (χ4n) is 4.18. The Morgan fingerprint density at radius 3 is 2.64 bits per heavy atom. The number of nitriles is 1. The lowest BCUT2D eigenvalue weighted by Crippen LogP contribution is -2.47. The van der Waals surface area contributed by atoms with Crippen molar-refractivity contribution in [3.63, 3.8) is 0 Å². The number of rotatable bonds is 5. The second-order valence-corrected chi connectivity index (χ2v) is 8.76. The molecule has 0 bridgehead atoms. The number of nitrogens with zero attached hydrogens (tertiary/aromatic N) is 8. The zero-order chi connectivity index (χ0) is 24.9. The number of pyridine rings is 1. The largest absolute Gasteiger partial charge is 0.380 e. The zero-order valence-corrected chi connectivity index (χ0v) is 19.5. The Balaban J connectivity index is 1.41. The SMILES string of the molecule is Cc1ccc(Nc2ccc3c(c2)ncn3-c2ccc(C3(O)COC3)c(-n3nc(C#N)cc3C)n2)nn1. The van der Waals surface area contributed by atoms with Crippen LogP contribution in [0, 0.1) is 25.2 Å². The third-order valence-corrected chi connectivity index (χ3v) is 6.11. The van der Waals surface area contributed by atoms with Crippen LogP contribution in [0.1, 0.15) is 22.6 Å². The van der Waals surface area contributed by atoms with E-state index in [-0.39, 0.29) is 18.9 Å². The smallest absolute Gasteiger partial charge is 0.163 e. The fourth-order valence-corrected chi connectivity index (χ4v) is 4.18. The number of benzene rings is 1. The topological polar surface area (TPSA) is 140 Å². The van der Waals surface area contributed by atoms with Gasteiger partial charge in [0.1, 0.15) is 23.8 Å². The van der Waals surface area contributed by atoms with Gasteiger partial charge in [-0.05, 0) is 62.4 Å². The summed E-state index contributed by atoms with van der Waals surface area (Å²) >= 11 is 0. The molecule has 0 unspecified atom stereocenters. The molecule has 0 saturated carbocycles. The molecular weight excluding hydrogens is 458 g/mol. The standard InChI is InChI=1S/C25H21N9O2/c1-15-3-7-22(31-30-15)28-17-4-6-21-20(10-17)27-14-33(21)23-8-5-19(25(35)12-36-13-25)24(29-23)34-16(2)9-18(11-26)32-34/h3-10,14,35H,12-13H2,1-2H3,(H,28,31). The van der Waals surface area contributed by atoms with E-state index in [4.69, 9.17) is 9.72 Å². The number of aromatic nitrogens is 7. The third-order valence-electron chi connectivity index (χ3n) is 6.11. The Labute approximate surface area is 205 Å². The number of aliphatic hydroxyl groups is 1. The summed E-state index contributed by atoms with van der Waals surface area (Å²) in [6, 6.07) is 17.0. The summed E-state index contributed by atoms with van der Waals surface area (Å²) < 4.78 is 8.72. The molecule has 11 heteroatoms. The number of aryl methyl sites for hydroxylation is 2. The molecule has 1 aliphatic rings. The second-order valence-electron chi connectivity index (χ2n) is 8.76. The van der Waals surface area contributed by atoms with Crippen LogP contribution in [0.5, 0.6) is 0 Å². The summed E-state index contributed by atoms with van der Waals surface area (Å²) in [5.41, 5.74) is 3.71. The van der Waals surface area contributed by atoms with Crippen LogP contribution < -0.4 is 5.32 Å². The summed E-state index contributed by atoms with van der Waals surface area (Å²) in [6.07, 6.45) is 1.70. The first kappa shape index (κ1) is 21.8. The van der Waals surface area contributed by atoms with E-state index in [0.717, 1.165) is 28.1 Å². The van der Waals surface area contributed by atoms with Crippen LogP contribution in [0.15, 0.2) is 54.9 Å². The zero-order valence-electron chi connectivity index (χ0n) is 19.5. The fraction of sp³-hybridized carbons (Fsp3) is 0.200. The molecule has 5 aromatic rings. The highest BCUT2D eigenvalue weighted by atomic mass is 16.5. The summed E-state index contributed by atoms with van der Waals surface area (Å²) in [5.74, 6) is 1.68. The van der Waals surface area contributed by atoms with Crippen molar-refractivity contribution in [1.29, 1.82) is 5.26 Å². The molecule has 0 spiro atoms. The predicted molar refractivity (Wildman–Crippen MR) is 130 cm³/mol. The van der Waals surface area contributed by atoms with Crippen molar-refractivity contribution in [3.05, 3.63) is 77.5 Å². The summed E-state index contributed by atoms with van der Waals surface area (Å²) in [4.78, 5) is 9.41. The van der Waals surface area contributed by atoms with Crippen LogP contribution >= 0.6 is 0 Å². The molecule has 36 heavy (non-hydrogen) atoms. The Bertz CT molecular complexity index is 1640. The maximum absolute atomic E-state index is 11.0. The van der Waals surface area contributed by atoms with Crippen LogP contribution in [0.2, 0.25) is 0 Å². The number of fused-ring (bicyclic) bond motifs is 1. The molecule has 0 atom stereocenters. The van der Waals surface area contributed by atoms with E-state index in [1.807, 2.05) is 60.9 Å². The van der Waals surface area contributed by atoms with Crippen molar-refractivity contribution < 1.29 is 9.84 Å². The van der Waals surface area contributed by atoms with Gasteiger partial charge in [0.05, 0.1) is 29.9 Å². The number of anilines is 2. The van der Waals surface area contributed by atoms with Crippen molar-refractivity contribution in [2.75, 3.05) is 18.5 Å². The first-order valence-electron chi connectivity index (χ1n) is 11.3. The molecular formula is C25H21N9O2. The van der Waals surface area contributed by atoms with Gasteiger partial charge in [0.2, 0.25) is 0 Å². The monoisotopic (exact) mass is 479 g/mol. The number of hydrogen-bond donors (Lipinski definition) is 2. The molecule has 1 saturated heterocycles. The molecule has 178 valence electrons. The maximum atomic E-state index is 11.0. The van der Waals surface area contributed by atoms with E-state index in [0.29, 0.717) is 23.0 Å². The Hall–Kier alpha value is -4.66. The number of imidazole rings is 1. The number of hydrogen-bond acceptors (Lipinski definition) is 9. The molecule has 1 aromatic carbocycles. The van der Waals surface area contributed by atoms with E-state index in [2.05, 4.69) is 31.7 Å². The number of ether oxygens (including phenoxy) is 1. The van der Waals surface area contributed by atoms with Crippen molar-refractivity contribution >= 4 is 22.5 Å². The molecule has 0 amide bonds. The molecule has 4 aromatic heterocycles. The van der Waals surface area contributed by atoms with Gasteiger partial charge < -0.3 is 15.2 Å². The molecule has 0 aliphatic carbocycles. The van der Waals surface area contributed by atoms with Gasteiger partial charge in [0, 0.05) is 16.9 Å². The van der Waals surface area contributed by atoms with Crippen LogP contribution in [0.25, 0.3) is 22.7 Å². The number of nitrogens with one attached hydrogen (secondary N) is 1. The van der Waals surface area contributed by atoms with Crippen molar-refractivity contribution in [3.8, 4) is 17.7 Å². The molecule has 2 N–H and O–H groups in total. The minimum atomic E-state index is -1.16. The van der Waals surface area contributed by atoms with Gasteiger partial charge >= 0.3 is 0 Å². The van der Waals surface area contributed by atoms with Crippen molar-refractivity contribution in [1.82, 2.24) is 34.5 Å². The van der Waals surface area contributed by atoms with Crippen LogP contribution in [-0.4, -0.2) is 52.8 Å². The Kier molecular flexibility index (Phi) is 4.99. The van der Waals surface area contributed by atoms with E-state index >= 15 is 0 Å². The van der Waals surface area contributed by atoms with Crippen molar-refractivity contribution in [2.24, 2.45) is 0 Å². The maximum Gasteiger partial charge on any atom is 0.163 e. The Morgan fingerprint density at radius 2 is 1.94 bits per heavy atom. The van der Waals surface area contributed by atoms with Crippen LogP contribution in [0.4, 0.5) is 11.5 Å². The Morgan fingerprint density at radius 1 is 1.08 bits per heavy atom. The highest BCUT2D eigenvalue weighted by Crippen LogP contribution is 2.34. The summed E-state index contributed by atoms with van der Waals surface area (Å²) in [7, 11) is 0. The molecule has 5 heterocycles. The molecule has 1 aliphatic heterocycles. The van der Waals surface area contributed by atoms with Gasteiger partial charge in [-0.3, -0.25) is 4.57 Å². The van der Waals surface area contributed by atoms with Crippen LogP contribution in [-0.2, 0) is 10.3 Å². The predicted octanol–water partition coefficient (Wildman–Crippen LogP) is 2.85. The third kappa shape index (κ3) is 3.65. The van der Waals surface area contributed by atoms with Gasteiger partial charge in [-0.2, -0.15) is 15.5 Å². The van der Waals surface area contributed by atoms with E-state index < -0.39 is 5.60 Å². The van der Waals surface area contributed by atoms with Gasteiger partial charge in [-0.15, -0.1) is 5.10 Å². The van der Waals surface area contributed by atoms with Crippen LogP contribution in [0.3, 0.4) is 0 Å². The van der Waals surface area contributed by atoms with E-state index in [9.17, 15) is 10.4 Å². The highest BCUT2D eigenvalue weighted by molar-refractivity contribution is 5.82.